The molecule has 1 fully saturated rings. The van der Waals surface area contributed by atoms with Crippen LogP contribution in [-0.4, -0.2) is 50.2 Å². The first-order valence-electron chi connectivity index (χ1n) is 8.11. The number of anilines is 1. The first-order chi connectivity index (χ1) is 10.1. The molecule has 2 rings (SSSR count). The van der Waals surface area contributed by atoms with Crippen LogP contribution in [0, 0.1) is 0 Å². The third-order valence-electron chi connectivity index (χ3n) is 4.00. The van der Waals surface area contributed by atoms with Crippen LogP contribution >= 0.6 is 11.6 Å². The Hall–Kier alpha value is -0.770. The topological polar surface area (TPSA) is 18.5 Å². The average molecular weight is 310 g/mol. The molecular formula is C17H28ClN3. The van der Waals surface area contributed by atoms with E-state index < -0.39 is 0 Å². The number of nitrogens with one attached hydrogen (secondary N) is 1. The molecule has 0 radical (unpaired) electrons. The molecule has 1 aliphatic rings. The smallest absolute Gasteiger partial charge is 0.0426 e. The third kappa shape index (κ3) is 5.85. The number of nitrogens with zero attached hydrogens (tertiary/aromatic N) is 2. The van der Waals surface area contributed by atoms with Crippen molar-refractivity contribution < 1.29 is 0 Å². The highest BCUT2D eigenvalue weighted by atomic mass is 35.5. The fourth-order valence-electron chi connectivity index (χ4n) is 2.75. The van der Waals surface area contributed by atoms with Gasteiger partial charge in [0.05, 0.1) is 0 Å². The van der Waals surface area contributed by atoms with Crippen molar-refractivity contribution in [2.75, 3.05) is 44.2 Å². The maximum absolute atomic E-state index is 6.07. The Kier molecular flexibility index (Phi) is 6.81. The second kappa shape index (κ2) is 8.62. The molecule has 1 N–H and O–H groups in total. The van der Waals surface area contributed by atoms with Crippen LogP contribution in [0.4, 0.5) is 5.69 Å². The van der Waals surface area contributed by atoms with Gasteiger partial charge in [-0.05, 0) is 44.1 Å². The van der Waals surface area contributed by atoms with Gasteiger partial charge in [0.15, 0.2) is 0 Å². The Bertz CT molecular complexity index is 414. The summed E-state index contributed by atoms with van der Waals surface area (Å²) in [6.07, 6.45) is 2.56. The Morgan fingerprint density at radius 2 is 1.90 bits per heavy atom. The maximum atomic E-state index is 6.07. The van der Waals surface area contributed by atoms with Crippen LogP contribution in [0.15, 0.2) is 24.3 Å². The van der Waals surface area contributed by atoms with Gasteiger partial charge in [0, 0.05) is 42.9 Å². The van der Waals surface area contributed by atoms with E-state index in [2.05, 4.69) is 41.1 Å². The maximum Gasteiger partial charge on any atom is 0.0426 e. The molecule has 4 heteroatoms. The highest BCUT2D eigenvalue weighted by molar-refractivity contribution is 6.30. The molecule has 1 heterocycles. The fourth-order valence-corrected chi connectivity index (χ4v) is 2.94. The summed E-state index contributed by atoms with van der Waals surface area (Å²) in [5, 5.41) is 4.30. The van der Waals surface area contributed by atoms with Crippen molar-refractivity contribution in [1.29, 1.82) is 0 Å². The Labute approximate surface area is 134 Å². The zero-order valence-electron chi connectivity index (χ0n) is 13.3. The predicted octanol–water partition coefficient (Wildman–Crippen LogP) is 3.24. The van der Waals surface area contributed by atoms with Gasteiger partial charge in [0.1, 0.15) is 0 Å². The zero-order valence-corrected chi connectivity index (χ0v) is 14.1. The number of rotatable bonds is 7. The van der Waals surface area contributed by atoms with Crippen LogP contribution in [0.1, 0.15) is 26.7 Å². The van der Waals surface area contributed by atoms with Gasteiger partial charge in [-0.3, -0.25) is 4.90 Å². The second-order valence-electron chi connectivity index (χ2n) is 6.12. The molecule has 0 saturated carbocycles. The van der Waals surface area contributed by atoms with E-state index in [0.717, 1.165) is 37.7 Å². The minimum absolute atomic E-state index is 0.603. The number of hydrogen-bond donors (Lipinski definition) is 1. The Morgan fingerprint density at radius 1 is 1.14 bits per heavy atom. The largest absolute Gasteiger partial charge is 0.369 e. The van der Waals surface area contributed by atoms with E-state index in [1.165, 1.54) is 25.1 Å². The van der Waals surface area contributed by atoms with Crippen LogP contribution < -0.4 is 10.2 Å². The summed E-state index contributed by atoms with van der Waals surface area (Å²) < 4.78 is 0. The van der Waals surface area contributed by atoms with Gasteiger partial charge in [-0.15, -0.1) is 0 Å². The normalized spacial score (nSPS) is 16.7. The quantitative estimate of drug-likeness (QED) is 0.780. The molecule has 1 aromatic carbocycles. The first kappa shape index (κ1) is 16.6. The van der Waals surface area contributed by atoms with Crippen LogP contribution in [0.5, 0.6) is 0 Å². The van der Waals surface area contributed by atoms with Crippen molar-refractivity contribution in [3.8, 4) is 0 Å². The van der Waals surface area contributed by atoms with Crippen molar-refractivity contribution in [3.05, 3.63) is 29.3 Å². The molecule has 0 aliphatic carbocycles. The summed E-state index contributed by atoms with van der Waals surface area (Å²) in [5.74, 6) is 0. The summed E-state index contributed by atoms with van der Waals surface area (Å²) in [5.41, 5.74) is 1.25. The van der Waals surface area contributed by atoms with Gasteiger partial charge in [-0.2, -0.15) is 0 Å². The lowest BCUT2D eigenvalue weighted by atomic mass is 10.2. The second-order valence-corrected chi connectivity index (χ2v) is 6.56. The third-order valence-corrected chi connectivity index (χ3v) is 4.23. The van der Waals surface area contributed by atoms with Crippen molar-refractivity contribution >= 4 is 17.3 Å². The molecule has 0 aromatic heterocycles. The van der Waals surface area contributed by atoms with E-state index in [4.69, 9.17) is 11.6 Å². The standard InChI is InChI=1S/C17H28ClN3/c1-15(2)19-8-3-4-9-20-10-12-21(13-11-20)17-7-5-6-16(18)14-17/h5-7,14-15,19H,3-4,8-13H2,1-2H3. The molecule has 0 unspecified atom stereocenters. The van der Waals surface area contributed by atoms with E-state index in [9.17, 15) is 0 Å². The van der Waals surface area contributed by atoms with Gasteiger partial charge in [0.2, 0.25) is 0 Å². The van der Waals surface area contributed by atoms with Crippen LogP contribution in [0.3, 0.4) is 0 Å². The molecular weight excluding hydrogens is 282 g/mol. The molecule has 0 amide bonds. The van der Waals surface area contributed by atoms with Crippen molar-refractivity contribution in [2.45, 2.75) is 32.7 Å². The molecule has 0 bridgehead atoms. The number of piperazine rings is 1. The van der Waals surface area contributed by atoms with Crippen LogP contribution in [0.25, 0.3) is 0 Å². The zero-order chi connectivity index (χ0) is 15.1. The number of unbranched alkanes of at least 4 members (excludes halogenated alkanes) is 1. The Balaban J connectivity index is 1.64. The van der Waals surface area contributed by atoms with E-state index in [-0.39, 0.29) is 0 Å². The van der Waals surface area contributed by atoms with Crippen molar-refractivity contribution in [2.24, 2.45) is 0 Å². The van der Waals surface area contributed by atoms with Gasteiger partial charge in [-0.25, -0.2) is 0 Å². The molecule has 1 saturated heterocycles. The summed E-state index contributed by atoms with van der Waals surface area (Å²) in [7, 11) is 0. The van der Waals surface area contributed by atoms with E-state index in [1.807, 2.05) is 12.1 Å². The lowest BCUT2D eigenvalue weighted by molar-refractivity contribution is 0.252. The summed E-state index contributed by atoms with van der Waals surface area (Å²) in [6, 6.07) is 8.79. The summed E-state index contributed by atoms with van der Waals surface area (Å²) in [4.78, 5) is 5.01. The number of hydrogen-bond acceptors (Lipinski definition) is 3. The molecule has 21 heavy (non-hydrogen) atoms. The van der Waals surface area contributed by atoms with Gasteiger partial charge < -0.3 is 10.2 Å². The summed E-state index contributed by atoms with van der Waals surface area (Å²) >= 11 is 6.07. The fraction of sp³-hybridized carbons (Fsp3) is 0.647. The minimum Gasteiger partial charge on any atom is -0.369 e. The van der Waals surface area contributed by atoms with E-state index in [1.54, 1.807) is 0 Å². The SMILES string of the molecule is CC(C)NCCCCN1CCN(c2cccc(Cl)c2)CC1. The van der Waals surface area contributed by atoms with Crippen LogP contribution in [0.2, 0.25) is 5.02 Å². The summed E-state index contributed by atoms with van der Waals surface area (Å²) in [6.45, 7) is 11.3. The van der Waals surface area contributed by atoms with E-state index in [0.29, 0.717) is 6.04 Å². The highest BCUT2D eigenvalue weighted by Crippen LogP contribution is 2.20. The minimum atomic E-state index is 0.603. The van der Waals surface area contributed by atoms with Gasteiger partial charge in [0.25, 0.3) is 0 Å². The highest BCUT2D eigenvalue weighted by Gasteiger charge is 2.16. The lowest BCUT2D eigenvalue weighted by Gasteiger charge is -2.36. The molecule has 0 spiro atoms. The van der Waals surface area contributed by atoms with E-state index >= 15 is 0 Å². The van der Waals surface area contributed by atoms with Gasteiger partial charge in [-0.1, -0.05) is 31.5 Å². The molecule has 1 aromatic rings. The molecule has 118 valence electrons. The first-order valence-corrected chi connectivity index (χ1v) is 8.49. The predicted molar refractivity (Wildman–Crippen MR) is 92.5 cm³/mol. The average Bonchev–Trinajstić information content (AvgIpc) is 2.47. The monoisotopic (exact) mass is 309 g/mol. The van der Waals surface area contributed by atoms with Gasteiger partial charge >= 0.3 is 0 Å². The molecule has 3 nitrogen and oxygen atoms in total. The lowest BCUT2D eigenvalue weighted by Crippen LogP contribution is -2.46. The van der Waals surface area contributed by atoms with Crippen molar-refractivity contribution in [3.63, 3.8) is 0 Å². The molecule has 0 atom stereocenters. The van der Waals surface area contributed by atoms with Crippen molar-refractivity contribution in [1.82, 2.24) is 10.2 Å². The van der Waals surface area contributed by atoms with Crippen LogP contribution in [-0.2, 0) is 0 Å². The number of benzene rings is 1. The molecule has 1 aliphatic heterocycles. The number of halogens is 1. The Morgan fingerprint density at radius 3 is 2.57 bits per heavy atom.